The van der Waals surface area contributed by atoms with Crippen molar-refractivity contribution in [2.24, 2.45) is 5.92 Å². The standard InChI is InChI=1S/C20H22N2O4S/c1-9-5-6-13-15(7-9)27-19-16(13)18(23)21-17(22-19)12(4)26-20(24)14-8-10(2)25-11(14)3/h8-9,12H,5-7H2,1-4H3,(H,21,22,23)/t9-,12-/m0/s1. The number of carbonyl (C=O) groups excluding carboxylic acids is 1. The van der Waals surface area contributed by atoms with Gasteiger partial charge in [-0.1, -0.05) is 6.92 Å². The van der Waals surface area contributed by atoms with Crippen molar-refractivity contribution in [3.63, 3.8) is 0 Å². The molecule has 0 unspecified atom stereocenters. The van der Waals surface area contributed by atoms with Gasteiger partial charge in [0.2, 0.25) is 0 Å². The molecular formula is C20H22N2O4S. The van der Waals surface area contributed by atoms with Crippen molar-refractivity contribution in [2.75, 3.05) is 0 Å². The third-order valence-electron chi connectivity index (χ3n) is 5.11. The molecule has 6 nitrogen and oxygen atoms in total. The van der Waals surface area contributed by atoms with E-state index in [1.54, 1.807) is 38.2 Å². The number of thiophene rings is 1. The molecule has 0 aliphatic heterocycles. The average molecular weight is 386 g/mol. The van der Waals surface area contributed by atoms with Crippen molar-refractivity contribution in [2.45, 2.75) is 53.1 Å². The summed E-state index contributed by atoms with van der Waals surface area (Å²) in [6.07, 6.45) is 2.35. The smallest absolute Gasteiger partial charge is 0.342 e. The highest BCUT2D eigenvalue weighted by atomic mass is 32.1. The van der Waals surface area contributed by atoms with Crippen LogP contribution in [0.4, 0.5) is 0 Å². The normalized spacial score (nSPS) is 17.7. The summed E-state index contributed by atoms with van der Waals surface area (Å²) in [5.41, 5.74) is 1.38. The van der Waals surface area contributed by atoms with Crippen LogP contribution in [0.2, 0.25) is 0 Å². The number of H-pyrrole nitrogens is 1. The molecule has 0 fully saturated rings. The Morgan fingerprint density at radius 1 is 1.44 bits per heavy atom. The first-order valence-electron chi connectivity index (χ1n) is 9.16. The van der Waals surface area contributed by atoms with E-state index >= 15 is 0 Å². The Labute approximate surface area is 160 Å². The number of fused-ring (bicyclic) bond motifs is 3. The van der Waals surface area contributed by atoms with Gasteiger partial charge in [0.05, 0.1) is 5.39 Å². The molecule has 4 rings (SSSR count). The largest absolute Gasteiger partial charge is 0.466 e. The molecule has 2 atom stereocenters. The monoisotopic (exact) mass is 386 g/mol. The molecule has 27 heavy (non-hydrogen) atoms. The Hall–Kier alpha value is -2.41. The summed E-state index contributed by atoms with van der Waals surface area (Å²) in [5.74, 6) is 1.68. The van der Waals surface area contributed by atoms with Crippen LogP contribution in [0.3, 0.4) is 0 Å². The van der Waals surface area contributed by atoms with Gasteiger partial charge in [0.25, 0.3) is 5.56 Å². The summed E-state index contributed by atoms with van der Waals surface area (Å²) in [6, 6.07) is 1.65. The number of carbonyl (C=O) groups is 1. The number of nitrogens with zero attached hydrogens (tertiary/aromatic N) is 1. The van der Waals surface area contributed by atoms with Crippen LogP contribution >= 0.6 is 11.3 Å². The molecule has 142 valence electrons. The molecule has 0 radical (unpaired) electrons. The van der Waals surface area contributed by atoms with Crippen molar-refractivity contribution < 1.29 is 13.9 Å². The van der Waals surface area contributed by atoms with Crippen molar-refractivity contribution in [3.8, 4) is 0 Å². The molecule has 1 N–H and O–H groups in total. The minimum absolute atomic E-state index is 0.153. The SMILES string of the molecule is Cc1cc(C(=O)O[C@@H](C)c2nc3sc4c(c3c(=O)[nH]2)CC[C@H](C)C4)c(C)o1. The molecule has 3 aromatic rings. The van der Waals surface area contributed by atoms with Crippen LogP contribution in [0.15, 0.2) is 15.3 Å². The van der Waals surface area contributed by atoms with Crippen molar-refractivity contribution in [1.82, 2.24) is 9.97 Å². The van der Waals surface area contributed by atoms with E-state index in [0.29, 0.717) is 34.2 Å². The Kier molecular flexibility index (Phi) is 4.42. The van der Waals surface area contributed by atoms with Crippen LogP contribution in [-0.2, 0) is 17.6 Å². The second-order valence-electron chi connectivity index (χ2n) is 7.36. The summed E-state index contributed by atoms with van der Waals surface area (Å²) in [7, 11) is 0. The van der Waals surface area contributed by atoms with E-state index in [1.807, 2.05) is 0 Å². The van der Waals surface area contributed by atoms with Gasteiger partial charge in [0.15, 0.2) is 11.9 Å². The highest BCUT2D eigenvalue weighted by Gasteiger charge is 2.25. The maximum atomic E-state index is 12.7. The van der Waals surface area contributed by atoms with Crippen LogP contribution < -0.4 is 5.56 Å². The minimum Gasteiger partial charge on any atom is -0.466 e. The number of hydrogen-bond donors (Lipinski definition) is 1. The number of hydrogen-bond acceptors (Lipinski definition) is 6. The van der Waals surface area contributed by atoms with Gasteiger partial charge in [-0.15, -0.1) is 11.3 Å². The van der Waals surface area contributed by atoms with Crippen LogP contribution in [0.1, 0.15) is 64.5 Å². The summed E-state index contributed by atoms with van der Waals surface area (Å²) >= 11 is 1.58. The Morgan fingerprint density at radius 2 is 2.22 bits per heavy atom. The van der Waals surface area contributed by atoms with Crippen molar-refractivity contribution in [3.05, 3.63) is 49.8 Å². The van der Waals surface area contributed by atoms with E-state index < -0.39 is 12.1 Å². The molecule has 3 heterocycles. The Morgan fingerprint density at radius 3 is 2.93 bits per heavy atom. The van der Waals surface area contributed by atoms with E-state index in [-0.39, 0.29) is 5.56 Å². The quantitative estimate of drug-likeness (QED) is 0.681. The van der Waals surface area contributed by atoms with Gasteiger partial charge in [-0.25, -0.2) is 9.78 Å². The second-order valence-corrected chi connectivity index (χ2v) is 8.44. The van der Waals surface area contributed by atoms with Gasteiger partial charge in [-0.05, 0) is 57.6 Å². The van der Waals surface area contributed by atoms with Gasteiger partial charge < -0.3 is 14.1 Å². The lowest BCUT2D eigenvalue weighted by atomic mass is 9.89. The number of aryl methyl sites for hydroxylation is 3. The van der Waals surface area contributed by atoms with Crippen LogP contribution in [0, 0.1) is 19.8 Å². The zero-order valence-electron chi connectivity index (χ0n) is 15.8. The van der Waals surface area contributed by atoms with Crippen LogP contribution in [-0.4, -0.2) is 15.9 Å². The van der Waals surface area contributed by atoms with E-state index in [0.717, 1.165) is 29.7 Å². The molecule has 1 aliphatic rings. The lowest BCUT2D eigenvalue weighted by Crippen LogP contribution is -2.18. The lowest BCUT2D eigenvalue weighted by molar-refractivity contribution is 0.0318. The molecule has 0 aromatic carbocycles. The number of rotatable bonds is 3. The zero-order valence-corrected chi connectivity index (χ0v) is 16.7. The predicted octanol–water partition coefficient (Wildman–Crippen LogP) is 4.24. The predicted molar refractivity (Wildman–Crippen MR) is 103 cm³/mol. The molecule has 0 bridgehead atoms. The van der Waals surface area contributed by atoms with Crippen molar-refractivity contribution >= 4 is 27.5 Å². The van der Waals surface area contributed by atoms with Crippen LogP contribution in [0.25, 0.3) is 10.2 Å². The van der Waals surface area contributed by atoms with Gasteiger partial charge in [0, 0.05) is 4.88 Å². The summed E-state index contributed by atoms with van der Waals surface area (Å²) in [6.45, 7) is 7.44. The Balaban J connectivity index is 1.64. The van der Waals surface area contributed by atoms with Crippen LogP contribution in [0.5, 0.6) is 0 Å². The molecule has 3 aromatic heterocycles. The average Bonchev–Trinajstić information content (AvgIpc) is 3.13. The van der Waals surface area contributed by atoms with Crippen molar-refractivity contribution in [1.29, 1.82) is 0 Å². The number of esters is 1. The molecule has 1 aliphatic carbocycles. The van der Waals surface area contributed by atoms with Gasteiger partial charge >= 0.3 is 5.97 Å². The van der Waals surface area contributed by atoms with E-state index in [1.165, 1.54) is 4.88 Å². The van der Waals surface area contributed by atoms with E-state index in [2.05, 4.69) is 16.9 Å². The lowest BCUT2D eigenvalue weighted by Gasteiger charge is -2.17. The third kappa shape index (κ3) is 3.20. The number of aromatic nitrogens is 2. The minimum atomic E-state index is -0.665. The molecular weight excluding hydrogens is 364 g/mol. The van der Waals surface area contributed by atoms with E-state index in [9.17, 15) is 9.59 Å². The number of furan rings is 1. The molecule has 7 heteroatoms. The summed E-state index contributed by atoms with van der Waals surface area (Å²) < 4.78 is 10.9. The number of ether oxygens (including phenoxy) is 1. The fourth-order valence-corrected chi connectivity index (χ4v) is 5.06. The molecule has 0 spiro atoms. The summed E-state index contributed by atoms with van der Waals surface area (Å²) in [4.78, 5) is 34.5. The molecule has 0 saturated heterocycles. The maximum Gasteiger partial charge on any atom is 0.342 e. The number of aromatic amines is 1. The highest BCUT2D eigenvalue weighted by molar-refractivity contribution is 7.18. The van der Waals surface area contributed by atoms with Gasteiger partial charge in [-0.2, -0.15) is 0 Å². The second kappa shape index (κ2) is 6.64. The maximum absolute atomic E-state index is 12.7. The first-order valence-corrected chi connectivity index (χ1v) is 9.97. The van der Waals surface area contributed by atoms with E-state index in [4.69, 9.17) is 9.15 Å². The fraction of sp³-hybridized carbons (Fsp3) is 0.450. The fourth-order valence-electron chi connectivity index (χ4n) is 3.67. The molecule has 0 amide bonds. The highest BCUT2D eigenvalue weighted by Crippen LogP contribution is 2.36. The summed E-state index contributed by atoms with van der Waals surface area (Å²) in [5, 5.41) is 0.700. The van der Waals surface area contributed by atoms with Gasteiger partial charge in [-0.3, -0.25) is 4.79 Å². The first-order chi connectivity index (χ1) is 12.8. The topological polar surface area (TPSA) is 85.2 Å². The molecule has 0 saturated carbocycles. The number of nitrogens with one attached hydrogen (secondary N) is 1. The van der Waals surface area contributed by atoms with Gasteiger partial charge in [0.1, 0.15) is 21.9 Å². The Bertz CT molecular complexity index is 1090. The third-order valence-corrected chi connectivity index (χ3v) is 6.26. The first kappa shape index (κ1) is 18.0. The zero-order chi connectivity index (χ0) is 19.3.